The lowest BCUT2D eigenvalue weighted by atomic mass is 10.0. The summed E-state index contributed by atoms with van der Waals surface area (Å²) in [5.41, 5.74) is 3.31. The molecule has 1 fully saturated rings. The molecule has 6 rings (SSSR count). The standard InChI is InChI=1S/C37H36O5/c1-4-12-28(13-5-1)24-38-27-35-37(40-26-30-16-8-3-9-17-30)34(39-25-29-14-6-2-7-15-29)23-36(42-35)41-33-21-20-31-18-10-11-19-32(31)22-33/h1-22,34-37H,23-27H2/t34-,35-,36-,37-/m1/s1. The van der Waals surface area contributed by atoms with Gasteiger partial charge in [0.1, 0.15) is 18.0 Å². The molecule has 1 aliphatic rings. The van der Waals surface area contributed by atoms with Gasteiger partial charge in [-0.3, -0.25) is 0 Å². The van der Waals surface area contributed by atoms with Gasteiger partial charge in [0.15, 0.2) is 0 Å². The van der Waals surface area contributed by atoms with Gasteiger partial charge in [-0.15, -0.1) is 0 Å². The van der Waals surface area contributed by atoms with Crippen molar-refractivity contribution in [2.75, 3.05) is 6.61 Å². The molecule has 1 heterocycles. The van der Waals surface area contributed by atoms with Crippen molar-refractivity contribution >= 4 is 10.8 Å². The summed E-state index contributed by atoms with van der Waals surface area (Å²) in [6.07, 6.45) is -1.00. The summed E-state index contributed by atoms with van der Waals surface area (Å²) in [6.45, 7) is 1.75. The lowest BCUT2D eigenvalue weighted by Crippen LogP contribution is -2.53. The second-order valence-electron chi connectivity index (χ2n) is 10.6. The van der Waals surface area contributed by atoms with Gasteiger partial charge >= 0.3 is 0 Å². The topological polar surface area (TPSA) is 46.2 Å². The lowest BCUT2D eigenvalue weighted by Gasteiger charge is -2.41. The Hall–Kier alpha value is -4.00. The van der Waals surface area contributed by atoms with Gasteiger partial charge in [0.25, 0.3) is 0 Å². The molecule has 1 saturated heterocycles. The number of rotatable bonds is 12. The molecular formula is C37H36O5. The Bertz CT molecular complexity index is 1510. The van der Waals surface area contributed by atoms with E-state index in [0.717, 1.165) is 27.8 Å². The van der Waals surface area contributed by atoms with Crippen LogP contribution in [0.4, 0.5) is 0 Å². The Morgan fingerprint density at radius 1 is 0.571 bits per heavy atom. The third-order valence-electron chi connectivity index (χ3n) is 7.46. The summed E-state index contributed by atoms with van der Waals surface area (Å²) in [5.74, 6) is 0.758. The van der Waals surface area contributed by atoms with Gasteiger partial charge in [-0.1, -0.05) is 121 Å². The van der Waals surface area contributed by atoms with Crippen molar-refractivity contribution in [1.82, 2.24) is 0 Å². The average Bonchev–Trinajstić information content (AvgIpc) is 3.05. The third kappa shape index (κ3) is 7.64. The minimum Gasteiger partial charge on any atom is -0.465 e. The fourth-order valence-corrected chi connectivity index (χ4v) is 5.28. The quantitative estimate of drug-likeness (QED) is 0.156. The first-order chi connectivity index (χ1) is 20.8. The monoisotopic (exact) mass is 560 g/mol. The first-order valence-electron chi connectivity index (χ1n) is 14.5. The highest BCUT2D eigenvalue weighted by Gasteiger charge is 2.41. The van der Waals surface area contributed by atoms with Crippen LogP contribution in [0.2, 0.25) is 0 Å². The van der Waals surface area contributed by atoms with Gasteiger partial charge in [0.2, 0.25) is 6.29 Å². The van der Waals surface area contributed by atoms with E-state index in [2.05, 4.69) is 60.7 Å². The average molecular weight is 561 g/mol. The Balaban J connectivity index is 1.22. The van der Waals surface area contributed by atoms with Crippen LogP contribution < -0.4 is 4.74 Å². The van der Waals surface area contributed by atoms with E-state index in [4.69, 9.17) is 23.7 Å². The summed E-state index contributed by atoms with van der Waals surface area (Å²) in [5, 5.41) is 2.29. The predicted octanol–water partition coefficient (Wildman–Crippen LogP) is 7.72. The minimum atomic E-state index is -0.520. The molecule has 214 valence electrons. The van der Waals surface area contributed by atoms with Gasteiger partial charge in [0, 0.05) is 6.42 Å². The normalized spacial score (nSPS) is 20.4. The Labute approximate surface area is 247 Å². The number of benzene rings is 5. The van der Waals surface area contributed by atoms with Crippen molar-refractivity contribution in [3.63, 3.8) is 0 Å². The largest absolute Gasteiger partial charge is 0.465 e. The summed E-state index contributed by atoms with van der Waals surface area (Å²) in [7, 11) is 0. The maximum Gasteiger partial charge on any atom is 0.202 e. The van der Waals surface area contributed by atoms with Gasteiger partial charge in [-0.25, -0.2) is 0 Å². The maximum atomic E-state index is 6.57. The second kappa shape index (κ2) is 14.3. The molecule has 0 aliphatic carbocycles. The molecule has 0 bridgehead atoms. The fourth-order valence-electron chi connectivity index (χ4n) is 5.28. The van der Waals surface area contributed by atoms with E-state index in [1.54, 1.807) is 0 Å². The summed E-state index contributed by atoms with van der Waals surface area (Å²) in [6, 6.07) is 44.9. The molecule has 4 atom stereocenters. The van der Waals surface area contributed by atoms with Crippen molar-refractivity contribution in [1.29, 1.82) is 0 Å². The molecule has 1 aliphatic heterocycles. The van der Waals surface area contributed by atoms with Crippen LogP contribution in [-0.4, -0.2) is 31.2 Å². The van der Waals surface area contributed by atoms with Crippen LogP contribution in [0.5, 0.6) is 5.75 Å². The fraction of sp³-hybridized carbons (Fsp3) is 0.243. The zero-order valence-electron chi connectivity index (χ0n) is 23.6. The zero-order chi connectivity index (χ0) is 28.4. The molecule has 0 radical (unpaired) electrons. The Morgan fingerprint density at radius 2 is 1.14 bits per heavy atom. The predicted molar refractivity (Wildman–Crippen MR) is 164 cm³/mol. The van der Waals surface area contributed by atoms with Crippen LogP contribution in [0.3, 0.4) is 0 Å². The first-order valence-corrected chi connectivity index (χ1v) is 14.5. The minimum absolute atomic E-state index is 0.265. The molecule has 5 heteroatoms. The highest BCUT2D eigenvalue weighted by atomic mass is 16.7. The lowest BCUT2D eigenvalue weighted by molar-refractivity contribution is -0.257. The molecule has 0 spiro atoms. The second-order valence-corrected chi connectivity index (χ2v) is 10.6. The van der Waals surface area contributed by atoms with Crippen LogP contribution in [0, 0.1) is 0 Å². The zero-order valence-corrected chi connectivity index (χ0v) is 23.6. The van der Waals surface area contributed by atoms with E-state index in [1.807, 2.05) is 72.8 Å². The molecule has 42 heavy (non-hydrogen) atoms. The molecule has 0 unspecified atom stereocenters. The number of ether oxygens (including phenoxy) is 5. The Kier molecular flexibility index (Phi) is 9.55. The highest BCUT2D eigenvalue weighted by molar-refractivity contribution is 5.83. The van der Waals surface area contributed by atoms with Crippen LogP contribution in [0.25, 0.3) is 10.8 Å². The first kappa shape index (κ1) is 28.1. The van der Waals surface area contributed by atoms with E-state index >= 15 is 0 Å². The van der Waals surface area contributed by atoms with Crippen molar-refractivity contribution in [2.24, 2.45) is 0 Å². The van der Waals surface area contributed by atoms with Gasteiger partial charge in [-0.05, 0) is 39.6 Å². The van der Waals surface area contributed by atoms with Gasteiger partial charge in [0.05, 0.1) is 32.5 Å². The van der Waals surface area contributed by atoms with Gasteiger partial charge in [-0.2, -0.15) is 0 Å². The molecule has 0 aromatic heterocycles. The van der Waals surface area contributed by atoms with E-state index in [0.29, 0.717) is 32.8 Å². The van der Waals surface area contributed by atoms with Crippen LogP contribution >= 0.6 is 0 Å². The molecule has 0 amide bonds. The molecule has 5 aromatic rings. The molecule has 5 aromatic carbocycles. The van der Waals surface area contributed by atoms with Crippen molar-refractivity contribution in [3.8, 4) is 5.75 Å². The number of hydrogen-bond donors (Lipinski definition) is 0. The summed E-state index contributed by atoms with van der Waals surface area (Å²) < 4.78 is 32.3. The molecule has 0 N–H and O–H groups in total. The molecule has 5 nitrogen and oxygen atoms in total. The highest BCUT2D eigenvalue weighted by Crippen LogP contribution is 2.30. The van der Waals surface area contributed by atoms with Crippen molar-refractivity contribution in [3.05, 3.63) is 150 Å². The van der Waals surface area contributed by atoms with Crippen molar-refractivity contribution < 1.29 is 23.7 Å². The third-order valence-corrected chi connectivity index (χ3v) is 7.46. The van der Waals surface area contributed by atoms with Crippen LogP contribution in [0.1, 0.15) is 23.1 Å². The van der Waals surface area contributed by atoms with E-state index in [1.165, 1.54) is 5.39 Å². The summed E-state index contributed by atoms with van der Waals surface area (Å²) >= 11 is 0. The summed E-state index contributed by atoms with van der Waals surface area (Å²) in [4.78, 5) is 0. The van der Waals surface area contributed by atoms with E-state index < -0.39 is 12.4 Å². The number of hydrogen-bond acceptors (Lipinski definition) is 5. The van der Waals surface area contributed by atoms with Gasteiger partial charge < -0.3 is 23.7 Å². The molecular weight excluding hydrogens is 524 g/mol. The SMILES string of the molecule is c1ccc(COC[C@H]2O[C@@H](Oc3ccc4ccccc4c3)C[C@@H](OCc3ccccc3)[C@H]2OCc2ccccc2)cc1. The number of fused-ring (bicyclic) bond motifs is 1. The van der Waals surface area contributed by atoms with Crippen molar-refractivity contribution in [2.45, 2.75) is 50.8 Å². The van der Waals surface area contributed by atoms with Crippen LogP contribution in [0.15, 0.2) is 133 Å². The van der Waals surface area contributed by atoms with E-state index in [-0.39, 0.29) is 12.2 Å². The van der Waals surface area contributed by atoms with E-state index in [9.17, 15) is 0 Å². The Morgan fingerprint density at radius 3 is 1.81 bits per heavy atom. The molecule has 0 saturated carbocycles. The maximum absolute atomic E-state index is 6.57. The van der Waals surface area contributed by atoms with Crippen LogP contribution in [-0.2, 0) is 38.8 Å². The smallest absolute Gasteiger partial charge is 0.202 e.